The molecule has 0 unspecified atom stereocenters. The van der Waals surface area contributed by atoms with Gasteiger partial charge in [0.05, 0.1) is 12.7 Å². The van der Waals surface area contributed by atoms with Gasteiger partial charge in [0, 0.05) is 29.7 Å². The average molecular weight is 422 g/mol. The highest BCUT2D eigenvalue weighted by atomic mass is 16.3. The molecule has 2 aromatic heterocycles. The Hall–Kier alpha value is -4.12. The number of aromatic hydroxyl groups is 1. The Morgan fingerprint density at radius 2 is 1.62 bits per heavy atom. The molecule has 0 saturated heterocycles. The minimum absolute atomic E-state index is 0.145. The summed E-state index contributed by atoms with van der Waals surface area (Å²) in [5.74, 6) is -0.319. The van der Waals surface area contributed by atoms with Crippen LogP contribution < -0.4 is 11.0 Å². The second kappa shape index (κ2) is 8.19. The van der Waals surface area contributed by atoms with Gasteiger partial charge in [-0.15, -0.1) is 0 Å². The molecule has 1 aliphatic carbocycles. The van der Waals surface area contributed by atoms with Gasteiger partial charge in [0.2, 0.25) is 5.43 Å². The topological polar surface area (TPSA) is 64.2 Å². The SMILES string of the molecule is O=c1cc(Cn2cc3ccccc3cc2=O)n(C2=CCCC(c3ccccc3)=C2)cc1O. The molecule has 0 fully saturated rings. The summed E-state index contributed by atoms with van der Waals surface area (Å²) in [5, 5.41) is 12.0. The van der Waals surface area contributed by atoms with E-state index in [1.807, 2.05) is 42.5 Å². The molecule has 0 amide bonds. The van der Waals surface area contributed by atoms with Gasteiger partial charge in [0.25, 0.3) is 5.56 Å². The Morgan fingerprint density at radius 1 is 0.875 bits per heavy atom. The number of allylic oxidation sites excluding steroid dienone is 4. The third-order valence-corrected chi connectivity index (χ3v) is 5.81. The van der Waals surface area contributed by atoms with E-state index in [0.29, 0.717) is 5.69 Å². The van der Waals surface area contributed by atoms with Crippen LogP contribution in [0.4, 0.5) is 0 Å². The van der Waals surface area contributed by atoms with Crippen molar-refractivity contribution < 1.29 is 5.11 Å². The molecule has 1 aliphatic rings. The molecule has 0 atom stereocenters. The van der Waals surface area contributed by atoms with Gasteiger partial charge >= 0.3 is 0 Å². The molecular formula is C27H22N2O3. The minimum Gasteiger partial charge on any atom is -0.503 e. The number of fused-ring (bicyclic) bond motifs is 1. The van der Waals surface area contributed by atoms with E-state index < -0.39 is 5.43 Å². The fourth-order valence-electron chi connectivity index (χ4n) is 4.16. The van der Waals surface area contributed by atoms with Gasteiger partial charge in [-0.05, 0) is 40.8 Å². The van der Waals surface area contributed by atoms with Crippen LogP contribution in [0.15, 0.2) is 101 Å². The van der Waals surface area contributed by atoms with Crippen molar-refractivity contribution in [2.45, 2.75) is 19.4 Å². The highest BCUT2D eigenvalue weighted by Gasteiger charge is 2.14. The fourth-order valence-corrected chi connectivity index (χ4v) is 4.16. The van der Waals surface area contributed by atoms with Crippen LogP contribution in [0.25, 0.3) is 22.0 Å². The van der Waals surface area contributed by atoms with Crippen molar-refractivity contribution in [2.75, 3.05) is 0 Å². The summed E-state index contributed by atoms with van der Waals surface area (Å²) in [4.78, 5) is 25.0. The monoisotopic (exact) mass is 422 g/mol. The lowest BCUT2D eigenvalue weighted by atomic mass is 9.96. The van der Waals surface area contributed by atoms with Crippen molar-refractivity contribution in [3.63, 3.8) is 0 Å². The van der Waals surface area contributed by atoms with Gasteiger partial charge < -0.3 is 14.2 Å². The Bertz CT molecular complexity index is 1490. The summed E-state index contributed by atoms with van der Waals surface area (Å²) in [5.41, 5.74) is 3.23. The third-order valence-electron chi connectivity index (χ3n) is 5.81. The molecule has 5 heteroatoms. The van der Waals surface area contributed by atoms with Crippen molar-refractivity contribution in [1.29, 1.82) is 0 Å². The molecule has 0 radical (unpaired) electrons. The maximum Gasteiger partial charge on any atom is 0.251 e. The second-order valence-corrected chi connectivity index (χ2v) is 7.96. The molecule has 158 valence electrons. The van der Waals surface area contributed by atoms with E-state index in [1.54, 1.807) is 21.4 Å². The van der Waals surface area contributed by atoms with Crippen molar-refractivity contribution in [3.05, 3.63) is 123 Å². The van der Waals surface area contributed by atoms with Crippen LogP contribution in [-0.4, -0.2) is 14.2 Å². The number of aromatic nitrogens is 2. The third kappa shape index (κ3) is 3.81. The zero-order chi connectivity index (χ0) is 22.1. The first kappa shape index (κ1) is 19.8. The van der Waals surface area contributed by atoms with E-state index in [0.717, 1.165) is 34.9 Å². The zero-order valence-electron chi connectivity index (χ0n) is 17.4. The summed E-state index contributed by atoms with van der Waals surface area (Å²) in [7, 11) is 0. The lowest BCUT2D eigenvalue weighted by Crippen LogP contribution is -2.22. The molecule has 5 nitrogen and oxygen atoms in total. The lowest BCUT2D eigenvalue weighted by molar-refractivity contribution is 0.464. The minimum atomic E-state index is -0.464. The van der Waals surface area contributed by atoms with Gasteiger partial charge in [-0.25, -0.2) is 0 Å². The average Bonchev–Trinajstić information content (AvgIpc) is 2.82. The standard InChI is InChI=1S/C27H22N2O3/c30-25-15-24(17-28-16-22-10-5-4-9-21(22)14-27(28)32)29(18-26(25)31)23-12-6-11-20(13-23)19-7-2-1-3-8-19/h1-5,7-10,12-16,18,31H,6,11,17H2. The maximum absolute atomic E-state index is 12.7. The van der Waals surface area contributed by atoms with Gasteiger partial charge in [0.15, 0.2) is 5.75 Å². The Balaban J connectivity index is 1.59. The fraction of sp³-hybridized carbons (Fsp3) is 0.111. The van der Waals surface area contributed by atoms with Crippen LogP contribution in [-0.2, 0) is 6.54 Å². The van der Waals surface area contributed by atoms with Crippen LogP contribution in [0.1, 0.15) is 24.1 Å². The lowest BCUT2D eigenvalue weighted by Gasteiger charge is -2.20. The van der Waals surface area contributed by atoms with E-state index in [-0.39, 0.29) is 17.9 Å². The first-order chi connectivity index (χ1) is 15.6. The highest BCUT2D eigenvalue weighted by Crippen LogP contribution is 2.29. The molecule has 2 aromatic carbocycles. The van der Waals surface area contributed by atoms with Crippen molar-refractivity contribution in [1.82, 2.24) is 9.13 Å². The number of pyridine rings is 2. The van der Waals surface area contributed by atoms with Crippen LogP contribution in [0.3, 0.4) is 0 Å². The van der Waals surface area contributed by atoms with Gasteiger partial charge in [-0.1, -0.05) is 60.7 Å². The van der Waals surface area contributed by atoms with Crippen molar-refractivity contribution in [3.8, 4) is 5.75 Å². The predicted octanol–water partition coefficient (Wildman–Crippen LogP) is 4.64. The second-order valence-electron chi connectivity index (χ2n) is 7.96. The van der Waals surface area contributed by atoms with Crippen LogP contribution in [0.5, 0.6) is 5.75 Å². The van der Waals surface area contributed by atoms with Crippen LogP contribution in [0.2, 0.25) is 0 Å². The van der Waals surface area contributed by atoms with E-state index in [9.17, 15) is 14.7 Å². The Morgan fingerprint density at radius 3 is 2.44 bits per heavy atom. The van der Waals surface area contributed by atoms with E-state index in [2.05, 4.69) is 24.3 Å². The molecule has 5 rings (SSSR count). The number of nitrogens with zero attached hydrogens (tertiary/aromatic N) is 2. The Kier molecular flexibility index (Phi) is 5.07. The van der Waals surface area contributed by atoms with E-state index >= 15 is 0 Å². The number of hydrogen-bond acceptors (Lipinski definition) is 3. The van der Waals surface area contributed by atoms with Gasteiger partial charge in [-0.2, -0.15) is 0 Å². The first-order valence-corrected chi connectivity index (χ1v) is 10.6. The molecule has 1 N–H and O–H groups in total. The molecule has 0 saturated carbocycles. The summed E-state index contributed by atoms with van der Waals surface area (Å²) >= 11 is 0. The molecule has 32 heavy (non-hydrogen) atoms. The summed E-state index contributed by atoms with van der Waals surface area (Å²) in [6.45, 7) is 0.213. The predicted molar refractivity (Wildman–Crippen MR) is 128 cm³/mol. The molecule has 0 bridgehead atoms. The maximum atomic E-state index is 12.7. The quantitative estimate of drug-likeness (QED) is 0.521. The number of benzene rings is 2. The van der Waals surface area contributed by atoms with E-state index in [4.69, 9.17) is 0 Å². The largest absolute Gasteiger partial charge is 0.503 e. The summed E-state index contributed by atoms with van der Waals surface area (Å²) in [6, 6.07) is 20.9. The normalized spacial score (nSPS) is 13.6. The molecule has 0 aliphatic heterocycles. The van der Waals surface area contributed by atoms with Gasteiger partial charge in [-0.3, -0.25) is 9.59 Å². The van der Waals surface area contributed by atoms with Crippen molar-refractivity contribution in [2.24, 2.45) is 0 Å². The van der Waals surface area contributed by atoms with Gasteiger partial charge in [0.1, 0.15) is 0 Å². The smallest absolute Gasteiger partial charge is 0.251 e. The Labute approximate surface area is 184 Å². The zero-order valence-corrected chi connectivity index (χ0v) is 17.4. The van der Waals surface area contributed by atoms with E-state index in [1.165, 1.54) is 17.8 Å². The molecule has 4 aromatic rings. The molecular weight excluding hydrogens is 400 g/mol. The highest BCUT2D eigenvalue weighted by molar-refractivity contribution is 5.81. The number of rotatable bonds is 4. The molecule has 0 spiro atoms. The number of hydrogen-bond donors (Lipinski definition) is 1. The van der Waals surface area contributed by atoms with Crippen LogP contribution >= 0.6 is 0 Å². The van der Waals surface area contributed by atoms with Crippen molar-refractivity contribution >= 4 is 22.0 Å². The van der Waals surface area contributed by atoms with Crippen LogP contribution in [0, 0.1) is 0 Å². The summed E-state index contributed by atoms with van der Waals surface area (Å²) < 4.78 is 3.40. The summed E-state index contributed by atoms with van der Waals surface area (Å²) in [6.07, 6.45) is 9.18. The molecule has 2 heterocycles. The first-order valence-electron chi connectivity index (χ1n) is 10.6.